The van der Waals surface area contributed by atoms with E-state index in [1.165, 1.54) is 11.1 Å². The van der Waals surface area contributed by atoms with Crippen LogP contribution < -0.4 is 22.1 Å². The topological polar surface area (TPSA) is 141 Å². The van der Waals surface area contributed by atoms with Crippen LogP contribution in [0.3, 0.4) is 0 Å². The highest BCUT2D eigenvalue weighted by Gasteiger charge is 2.09. The van der Waals surface area contributed by atoms with Gasteiger partial charge < -0.3 is 22.1 Å². The number of aromatic nitrogens is 5. The van der Waals surface area contributed by atoms with Crippen molar-refractivity contribution in [3.8, 4) is 11.3 Å². The van der Waals surface area contributed by atoms with Crippen LogP contribution in [0.1, 0.15) is 11.1 Å². The lowest BCUT2D eigenvalue weighted by atomic mass is 10.1. The summed E-state index contributed by atoms with van der Waals surface area (Å²) in [5.41, 5.74) is 16.5. The Labute approximate surface area is 276 Å². The van der Waals surface area contributed by atoms with Crippen molar-refractivity contribution in [1.82, 2.24) is 24.9 Å². The number of benzene rings is 3. The van der Waals surface area contributed by atoms with Gasteiger partial charge in [0.1, 0.15) is 16.8 Å². The molecule has 0 fully saturated rings. The molecular weight excluding hydrogens is 629 g/mol. The van der Waals surface area contributed by atoms with E-state index < -0.39 is 0 Å². The first-order chi connectivity index (χ1) is 21.8. The van der Waals surface area contributed by atoms with E-state index >= 15 is 0 Å². The fourth-order valence-corrected chi connectivity index (χ4v) is 4.96. The molecule has 0 unspecified atom stereocenters. The minimum atomic E-state index is 0.163. The predicted molar refractivity (Wildman–Crippen MR) is 186 cm³/mol. The van der Waals surface area contributed by atoms with Crippen LogP contribution in [0.2, 0.25) is 15.2 Å². The molecule has 3 aromatic heterocycles. The molecule has 6 rings (SSSR count). The molecule has 0 spiro atoms. The van der Waals surface area contributed by atoms with Crippen LogP contribution in [0.15, 0.2) is 97.2 Å². The molecule has 12 heteroatoms. The van der Waals surface area contributed by atoms with Crippen LogP contribution in [0.5, 0.6) is 0 Å². The van der Waals surface area contributed by atoms with Crippen LogP contribution in [0.25, 0.3) is 22.2 Å². The molecule has 6 N–H and O–H groups in total. The van der Waals surface area contributed by atoms with Crippen molar-refractivity contribution in [2.24, 2.45) is 0 Å². The zero-order valence-corrected chi connectivity index (χ0v) is 26.4. The molecule has 0 radical (unpaired) electrons. The Morgan fingerprint density at radius 3 is 1.78 bits per heavy atom. The van der Waals surface area contributed by atoms with Crippen molar-refractivity contribution in [1.29, 1.82) is 0 Å². The lowest BCUT2D eigenvalue weighted by molar-refractivity contribution is 1.00. The molecule has 3 heterocycles. The standard InChI is InChI=1S/C21H18ClN5.C12H12Cl2N4/c22-15-8-6-14(7-9-15)10-12-25-20-13-19(26-21(23)27-20)17-3-1-5-18-16(17)4-2-11-24-18;13-9-3-1-8(2-4-9)5-6-16-11-7-10(14)17-12(15)18-11/h1-9,11,13H,10,12H2,(H3,23,25,26,27);1-4,7H,5-6H2,(H3,15,16,17,18). The van der Waals surface area contributed by atoms with E-state index in [4.69, 9.17) is 46.3 Å². The summed E-state index contributed by atoms with van der Waals surface area (Å²) in [6.07, 6.45) is 3.50. The maximum atomic E-state index is 5.95. The quantitative estimate of drug-likeness (QED) is 0.116. The van der Waals surface area contributed by atoms with Crippen LogP contribution in [0, 0.1) is 0 Å². The first-order valence-electron chi connectivity index (χ1n) is 14.1. The van der Waals surface area contributed by atoms with Gasteiger partial charge in [-0.25, -0.2) is 9.97 Å². The van der Waals surface area contributed by atoms with E-state index in [1.54, 1.807) is 12.3 Å². The van der Waals surface area contributed by atoms with Crippen molar-refractivity contribution in [3.63, 3.8) is 0 Å². The Hall–Kier alpha value is -4.70. The second-order valence-electron chi connectivity index (χ2n) is 9.91. The number of nitrogens with two attached hydrogens (primary N) is 2. The lowest BCUT2D eigenvalue weighted by Gasteiger charge is -2.10. The maximum absolute atomic E-state index is 5.95. The zero-order chi connectivity index (χ0) is 31.6. The molecule has 9 nitrogen and oxygen atoms in total. The summed E-state index contributed by atoms with van der Waals surface area (Å²) in [4.78, 5) is 20.9. The monoisotopic (exact) mass is 657 g/mol. The van der Waals surface area contributed by atoms with Crippen molar-refractivity contribution >= 4 is 69.2 Å². The van der Waals surface area contributed by atoms with E-state index in [9.17, 15) is 0 Å². The van der Waals surface area contributed by atoms with Crippen LogP contribution in [0.4, 0.5) is 23.5 Å². The second-order valence-corrected chi connectivity index (χ2v) is 11.2. The lowest BCUT2D eigenvalue weighted by Crippen LogP contribution is -2.08. The molecule has 0 aliphatic heterocycles. The third-order valence-electron chi connectivity index (χ3n) is 6.64. The average molecular weight is 659 g/mol. The SMILES string of the molecule is Nc1nc(Cl)cc(NCCc2ccc(Cl)cc2)n1.Nc1nc(NCCc2ccc(Cl)cc2)cc(-c2cccc3ncccc23)n1. The highest BCUT2D eigenvalue weighted by atomic mass is 35.5. The Morgan fingerprint density at radius 2 is 1.18 bits per heavy atom. The van der Waals surface area contributed by atoms with Gasteiger partial charge in [-0.1, -0.05) is 77.3 Å². The third kappa shape index (κ3) is 9.39. The van der Waals surface area contributed by atoms with Gasteiger partial charge in [0.15, 0.2) is 0 Å². The maximum Gasteiger partial charge on any atom is 0.223 e. The minimum absolute atomic E-state index is 0.163. The second kappa shape index (κ2) is 15.3. The van der Waals surface area contributed by atoms with Crippen LogP contribution in [-0.2, 0) is 12.8 Å². The summed E-state index contributed by atoms with van der Waals surface area (Å²) in [5, 5.41) is 9.31. The number of fused-ring (bicyclic) bond motifs is 1. The van der Waals surface area contributed by atoms with E-state index in [-0.39, 0.29) is 11.9 Å². The van der Waals surface area contributed by atoms with Gasteiger partial charge in [-0.2, -0.15) is 9.97 Å². The van der Waals surface area contributed by atoms with Gasteiger partial charge in [-0.05, 0) is 60.4 Å². The molecule has 0 aliphatic rings. The van der Waals surface area contributed by atoms with Crippen molar-refractivity contribution in [2.45, 2.75) is 12.8 Å². The highest BCUT2D eigenvalue weighted by Crippen LogP contribution is 2.28. The van der Waals surface area contributed by atoms with Gasteiger partial charge in [0.05, 0.1) is 11.2 Å². The van der Waals surface area contributed by atoms with E-state index in [0.29, 0.717) is 16.8 Å². The van der Waals surface area contributed by atoms with Gasteiger partial charge in [0, 0.05) is 52.4 Å². The first-order valence-corrected chi connectivity index (χ1v) is 15.2. The van der Waals surface area contributed by atoms with E-state index in [2.05, 4.69) is 35.6 Å². The largest absolute Gasteiger partial charge is 0.370 e. The van der Waals surface area contributed by atoms with Gasteiger partial charge in [0.25, 0.3) is 0 Å². The molecule has 0 atom stereocenters. The molecule has 0 saturated carbocycles. The van der Waals surface area contributed by atoms with Crippen LogP contribution >= 0.6 is 34.8 Å². The summed E-state index contributed by atoms with van der Waals surface area (Å²) < 4.78 is 0. The number of halogens is 3. The predicted octanol–water partition coefficient (Wildman–Crippen LogP) is 7.60. The number of nitrogens with zero attached hydrogens (tertiary/aromatic N) is 5. The van der Waals surface area contributed by atoms with Gasteiger partial charge in [0.2, 0.25) is 11.9 Å². The van der Waals surface area contributed by atoms with Gasteiger partial charge in [-0.3, -0.25) is 4.98 Å². The molecule has 6 aromatic rings. The number of hydrogen-bond donors (Lipinski definition) is 4. The number of pyridine rings is 1. The molecule has 45 heavy (non-hydrogen) atoms. The normalized spacial score (nSPS) is 10.6. The molecule has 0 amide bonds. The summed E-state index contributed by atoms with van der Waals surface area (Å²) >= 11 is 17.5. The van der Waals surface area contributed by atoms with Crippen molar-refractivity contribution < 1.29 is 0 Å². The number of nitrogens with one attached hydrogen (secondary N) is 2. The Bertz CT molecular complexity index is 1840. The highest BCUT2D eigenvalue weighted by molar-refractivity contribution is 6.31. The summed E-state index contributed by atoms with van der Waals surface area (Å²) in [6.45, 7) is 1.46. The number of nitrogen functional groups attached to an aromatic ring is 2. The number of hydrogen-bond acceptors (Lipinski definition) is 9. The minimum Gasteiger partial charge on any atom is -0.370 e. The van der Waals surface area contributed by atoms with E-state index in [1.807, 2.05) is 84.9 Å². The number of rotatable bonds is 9. The fourth-order valence-electron chi connectivity index (χ4n) is 4.52. The summed E-state index contributed by atoms with van der Waals surface area (Å²) in [7, 11) is 0. The average Bonchev–Trinajstić information content (AvgIpc) is 3.02. The fraction of sp³-hybridized carbons (Fsp3) is 0.121. The third-order valence-corrected chi connectivity index (χ3v) is 7.34. The Balaban J connectivity index is 0.000000194. The summed E-state index contributed by atoms with van der Waals surface area (Å²) in [5.74, 6) is 1.73. The molecular formula is C33H30Cl3N9. The Kier molecular flexibility index (Phi) is 10.8. The van der Waals surface area contributed by atoms with Crippen LogP contribution in [-0.4, -0.2) is 38.0 Å². The van der Waals surface area contributed by atoms with Crippen molar-refractivity contribution in [3.05, 3.63) is 124 Å². The molecule has 0 aliphatic carbocycles. The van der Waals surface area contributed by atoms with Gasteiger partial charge >= 0.3 is 0 Å². The van der Waals surface area contributed by atoms with Gasteiger partial charge in [-0.15, -0.1) is 0 Å². The number of anilines is 4. The molecule has 0 bridgehead atoms. The molecule has 3 aromatic carbocycles. The summed E-state index contributed by atoms with van der Waals surface area (Å²) in [6, 6.07) is 29.0. The Morgan fingerprint density at radius 1 is 0.600 bits per heavy atom. The first kappa shape index (κ1) is 31.7. The molecule has 0 saturated heterocycles. The van der Waals surface area contributed by atoms with Crippen molar-refractivity contribution in [2.75, 3.05) is 35.2 Å². The smallest absolute Gasteiger partial charge is 0.223 e. The zero-order valence-electron chi connectivity index (χ0n) is 24.1. The van der Waals surface area contributed by atoms with E-state index in [0.717, 1.165) is 58.1 Å². The molecule has 228 valence electrons.